The van der Waals surface area contributed by atoms with Crippen LogP contribution in [0, 0.1) is 20.8 Å². The minimum atomic E-state index is -0.951. The first-order chi connectivity index (χ1) is 6.91. The fourth-order valence-corrected chi connectivity index (χ4v) is 1.56. The summed E-state index contributed by atoms with van der Waals surface area (Å²) in [6.45, 7) is 6.05. The van der Waals surface area contributed by atoms with Crippen molar-refractivity contribution >= 4 is 5.97 Å². The number of rotatable bonds is 3. The predicted molar refractivity (Wildman–Crippen MR) is 60.0 cm³/mol. The molecule has 0 heterocycles. The minimum Gasteiger partial charge on any atom is -0.480 e. The molecule has 1 aromatic carbocycles. The second-order valence-corrected chi connectivity index (χ2v) is 4.01. The zero-order chi connectivity index (χ0) is 11.6. The topological polar surface area (TPSA) is 63.3 Å². The van der Waals surface area contributed by atoms with Gasteiger partial charge in [0.05, 0.1) is 0 Å². The molecule has 0 aliphatic heterocycles. The Bertz CT molecular complexity index is 385. The predicted octanol–water partition coefficient (Wildman–Crippen LogP) is 1.57. The lowest BCUT2D eigenvalue weighted by atomic mass is 9.96. The summed E-state index contributed by atoms with van der Waals surface area (Å²) >= 11 is 0. The Kier molecular flexibility index (Phi) is 3.48. The summed E-state index contributed by atoms with van der Waals surface area (Å²) in [4.78, 5) is 10.6. The van der Waals surface area contributed by atoms with Crippen molar-refractivity contribution in [3.8, 4) is 0 Å². The Labute approximate surface area is 89.9 Å². The van der Waals surface area contributed by atoms with Gasteiger partial charge >= 0.3 is 5.97 Å². The number of carbonyl (C=O) groups is 1. The summed E-state index contributed by atoms with van der Waals surface area (Å²) in [6.07, 6.45) is 0.391. The number of aryl methyl sites for hydroxylation is 3. The van der Waals surface area contributed by atoms with Crippen LogP contribution in [0.25, 0.3) is 0 Å². The van der Waals surface area contributed by atoms with Crippen LogP contribution in [0.3, 0.4) is 0 Å². The molecular weight excluding hydrogens is 190 g/mol. The summed E-state index contributed by atoms with van der Waals surface area (Å²) in [5.41, 5.74) is 10.0. The minimum absolute atomic E-state index is 0.391. The van der Waals surface area contributed by atoms with Crippen LogP contribution >= 0.6 is 0 Å². The Morgan fingerprint density at radius 2 is 1.80 bits per heavy atom. The van der Waals surface area contributed by atoms with Crippen molar-refractivity contribution in [1.82, 2.24) is 0 Å². The van der Waals surface area contributed by atoms with Gasteiger partial charge in [-0.25, -0.2) is 0 Å². The lowest BCUT2D eigenvalue weighted by molar-refractivity contribution is -0.138. The molecule has 3 nitrogen and oxygen atoms in total. The lowest BCUT2D eigenvalue weighted by Crippen LogP contribution is -2.32. The molecule has 1 aromatic rings. The highest BCUT2D eigenvalue weighted by Gasteiger charge is 2.13. The van der Waals surface area contributed by atoms with E-state index in [1.54, 1.807) is 0 Å². The van der Waals surface area contributed by atoms with Crippen molar-refractivity contribution in [1.29, 1.82) is 0 Å². The molecule has 0 bridgehead atoms. The maximum absolute atomic E-state index is 10.6. The van der Waals surface area contributed by atoms with Crippen molar-refractivity contribution in [3.05, 3.63) is 34.4 Å². The van der Waals surface area contributed by atoms with Gasteiger partial charge in [-0.1, -0.05) is 12.1 Å². The zero-order valence-electron chi connectivity index (χ0n) is 9.37. The second-order valence-electron chi connectivity index (χ2n) is 4.01. The van der Waals surface area contributed by atoms with E-state index in [4.69, 9.17) is 10.8 Å². The fraction of sp³-hybridized carbons (Fsp3) is 0.417. The monoisotopic (exact) mass is 207 g/mol. The van der Waals surface area contributed by atoms with Gasteiger partial charge in [-0.05, 0) is 49.4 Å². The molecular formula is C12H17NO2. The molecule has 0 fully saturated rings. The first-order valence-electron chi connectivity index (χ1n) is 4.97. The van der Waals surface area contributed by atoms with Gasteiger partial charge in [-0.15, -0.1) is 0 Å². The Morgan fingerprint density at radius 3 is 2.33 bits per heavy atom. The van der Waals surface area contributed by atoms with Crippen molar-refractivity contribution in [3.63, 3.8) is 0 Å². The SMILES string of the molecule is Cc1cc(C)c(CC(N)C(=O)O)cc1C. The third-order valence-electron chi connectivity index (χ3n) is 2.71. The fourth-order valence-electron chi connectivity index (χ4n) is 1.56. The third kappa shape index (κ3) is 2.80. The number of aliphatic carboxylic acids is 1. The quantitative estimate of drug-likeness (QED) is 0.790. The molecule has 0 aliphatic carbocycles. The van der Waals surface area contributed by atoms with Crippen LogP contribution in [0.4, 0.5) is 0 Å². The first kappa shape index (κ1) is 11.7. The standard InChI is InChI=1S/C12H17NO2/c1-7-4-9(3)10(5-8(7)2)6-11(13)12(14)15/h4-5,11H,6,13H2,1-3H3,(H,14,15). The molecule has 0 aliphatic rings. The Hall–Kier alpha value is -1.35. The average molecular weight is 207 g/mol. The van der Waals surface area contributed by atoms with Crippen LogP contribution in [0.1, 0.15) is 22.3 Å². The van der Waals surface area contributed by atoms with E-state index < -0.39 is 12.0 Å². The zero-order valence-corrected chi connectivity index (χ0v) is 9.37. The largest absolute Gasteiger partial charge is 0.480 e. The summed E-state index contributed by atoms with van der Waals surface area (Å²) in [6, 6.07) is 3.28. The molecule has 0 amide bonds. The smallest absolute Gasteiger partial charge is 0.320 e. The number of hydrogen-bond donors (Lipinski definition) is 2. The van der Waals surface area contributed by atoms with E-state index in [0.29, 0.717) is 6.42 Å². The molecule has 1 unspecified atom stereocenters. The Morgan fingerprint density at radius 1 is 1.27 bits per heavy atom. The summed E-state index contributed by atoms with van der Waals surface area (Å²) < 4.78 is 0. The van der Waals surface area contributed by atoms with E-state index in [9.17, 15) is 4.79 Å². The highest BCUT2D eigenvalue weighted by Crippen LogP contribution is 2.16. The van der Waals surface area contributed by atoms with E-state index in [0.717, 1.165) is 11.1 Å². The third-order valence-corrected chi connectivity index (χ3v) is 2.71. The van der Waals surface area contributed by atoms with E-state index in [-0.39, 0.29) is 0 Å². The lowest BCUT2D eigenvalue weighted by Gasteiger charge is -2.12. The van der Waals surface area contributed by atoms with Gasteiger partial charge in [-0.3, -0.25) is 4.79 Å². The van der Waals surface area contributed by atoms with Crippen LogP contribution < -0.4 is 5.73 Å². The van der Waals surface area contributed by atoms with E-state index in [2.05, 4.69) is 6.07 Å². The van der Waals surface area contributed by atoms with Crippen molar-refractivity contribution in [2.24, 2.45) is 5.73 Å². The van der Waals surface area contributed by atoms with Gasteiger partial charge in [-0.2, -0.15) is 0 Å². The van der Waals surface area contributed by atoms with E-state index >= 15 is 0 Å². The second kappa shape index (κ2) is 4.45. The molecule has 0 spiro atoms. The molecule has 3 heteroatoms. The van der Waals surface area contributed by atoms with Crippen LogP contribution in [0.2, 0.25) is 0 Å². The average Bonchev–Trinajstić information content (AvgIpc) is 2.13. The van der Waals surface area contributed by atoms with Crippen LogP contribution in [-0.2, 0) is 11.2 Å². The molecule has 0 saturated heterocycles. The summed E-state index contributed by atoms with van der Waals surface area (Å²) in [7, 11) is 0. The number of benzene rings is 1. The van der Waals surface area contributed by atoms with Crippen LogP contribution in [-0.4, -0.2) is 17.1 Å². The number of nitrogens with two attached hydrogens (primary N) is 1. The van der Waals surface area contributed by atoms with Gasteiger partial charge in [0, 0.05) is 0 Å². The number of carboxylic acids is 1. The molecule has 0 saturated carbocycles. The van der Waals surface area contributed by atoms with E-state index in [1.165, 1.54) is 11.1 Å². The Balaban J connectivity index is 2.95. The van der Waals surface area contributed by atoms with Crippen molar-refractivity contribution in [2.45, 2.75) is 33.2 Å². The summed E-state index contributed by atoms with van der Waals surface area (Å²) in [5, 5.41) is 8.73. The molecule has 1 rings (SSSR count). The maximum Gasteiger partial charge on any atom is 0.320 e. The van der Waals surface area contributed by atoms with Gasteiger partial charge in [0.15, 0.2) is 0 Å². The molecule has 82 valence electrons. The first-order valence-corrected chi connectivity index (χ1v) is 4.97. The normalized spacial score (nSPS) is 12.5. The molecule has 0 radical (unpaired) electrons. The van der Waals surface area contributed by atoms with Gasteiger partial charge in [0.2, 0.25) is 0 Å². The van der Waals surface area contributed by atoms with E-state index in [1.807, 2.05) is 26.8 Å². The molecule has 1 atom stereocenters. The molecule has 3 N–H and O–H groups in total. The van der Waals surface area contributed by atoms with Crippen molar-refractivity contribution < 1.29 is 9.90 Å². The van der Waals surface area contributed by atoms with Gasteiger partial charge in [0.25, 0.3) is 0 Å². The van der Waals surface area contributed by atoms with Crippen LogP contribution in [0.5, 0.6) is 0 Å². The molecule has 15 heavy (non-hydrogen) atoms. The maximum atomic E-state index is 10.6. The highest BCUT2D eigenvalue weighted by atomic mass is 16.4. The van der Waals surface area contributed by atoms with Gasteiger partial charge < -0.3 is 10.8 Å². The molecule has 0 aromatic heterocycles. The van der Waals surface area contributed by atoms with Crippen LogP contribution in [0.15, 0.2) is 12.1 Å². The number of carboxylic acid groups (broad SMARTS) is 1. The van der Waals surface area contributed by atoms with Crippen molar-refractivity contribution in [2.75, 3.05) is 0 Å². The summed E-state index contributed by atoms with van der Waals surface area (Å²) in [5.74, 6) is -0.951. The van der Waals surface area contributed by atoms with Gasteiger partial charge in [0.1, 0.15) is 6.04 Å². The number of hydrogen-bond acceptors (Lipinski definition) is 2. The highest BCUT2D eigenvalue weighted by molar-refractivity contribution is 5.73.